The van der Waals surface area contributed by atoms with Gasteiger partial charge in [-0.2, -0.15) is 0 Å². The second-order valence-corrected chi connectivity index (χ2v) is 7.43. The largest absolute Gasteiger partial charge is 0.337 e. The Bertz CT molecular complexity index is 468. The second kappa shape index (κ2) is 6.09. The maximum Gasteiger partial charge on any atom is 0.255 e. The Morgan fingerprint density at radius 3 is 2.94 bits per heavy atom. The molecule has 18 heavy (non-hydrogen) atoms. The lowest BCUT2D eigenvalue weighted by Crippen LogP contribution is -2.43. The number of rotatable bonds is 1. The van der Waals surface area contributed by atoms with Crippen molar-refractivity contribution >= 4 is 56.0 Å². The summed E-state index contributed by atoms with van der Waals surface area (Å²) >= 11 is 11.8. The van der Waals surface area contributed by atoms with Crippen LogP contribution in [0.25, 0.3) is 0 Å². The van der Waals surface area contributed by atoms with Crippen LogP contribution in [0.1, 0.15) is 23.7 Å². The summed E-state index contributed by atoms with van der Waals surface area (Å²) in [6, 6.07) is 5.45. The first-order valence-corrected chi connectivity index (χ1v) is 8.24. The van der Waals surface area contributed by atoms with Crippen LogP contribution in [-0.2, 0) is 0 Å². The molecule has 0 N–H and O–H groups in total. The average molecular weight is 443 g/mol. The molecule has 0 spiro atoms. The molecule has 1 aromatic carbocycles. The van der Waals surface area contributed by atoms with Gasteiger partial charge in [-0.3, -0.25) is 4.79 Å². The number of halogens is 3. The topological polar surface area (TPSA) is 20.3 Å². The third-order valence-electron chi connectivity index (χ3n) is 3.31. The summed E-state index contributed by atoms with van der Waals surface area (Å²) in [6.07, 6.45) is 1.04. The van der Waals surface area contributed by atoms with E-state index in [1.54, 1.807) is 6.07 Å². The SMILES string of the molecule is CC1CCN(C(=O)c2cc(Cl)ccc2I)CC1Br. The van der Waals surface area contributed by atoms with Gasteiger partial charge < -0.3 is 4.90 Å². The van der Waals surface area contributed by atoms with E-state index in [0.29, 0.717) is 21.3 Å². The number of hydrogen-bond donors (Lipinski definition) is 0. The van der Waals surface area contributed by atoms with Crippen LogP contribution in [0.5, 0.6) is 0 Å². The molecule has 1 heterocycles. The van der Waals surface area contributed by atoms with Gasteiger partial charge in [-0.05, 0) is 53.1 Å². The van der Waals surface area contributed by atoms with Crippen molar-refractivity contribution in [1.29, 1.82) is 0 Å². The van der Waals surface area contributed by atoms with Crippen LogP contribution in [-0.4, -0.2) is 28.7 Å². The quantitative estimate of drug-likeness (QED) is 0.472. The molecule has 1 aliphatic rings. The zero-order valence-corrected chi connectivity index (χ0v) is 14.5. The van der Waals surface area contributed by atoms with Crippen LogP contribution in [0.3, 0.4) is 0 Å². The molecule has 0 radical (unpaired) electrons. The molecule has 2 atom stereocenters. The molecule has 2 rings (SSSR count). The molecule has 1 amide bonds. The highest BCUT2D eigenvalue weighted by atomic mass is 127. The molecule has 98 valence electrons. The average Bonchev–Trinajstić information content (AvgIpc) is 2.35. The van der Waals surface area contributed by atoms with Gasteiger partial charge in [-0.15, -0.1) is 0 Å². The van der Waals surface area contributed by atoms with E-state index in [-0.39, 0.29) is 5.91 Å². The number of carbonyl (C=O) groups is 1. The lowest BCUT2D eigenvalue weighted by molar-refractivity contribution is 0.0705. The minimum Gasteiger partial charge on any atom is -0.337 e. The van der Waals surface area contributed by atoms with Crippen molar-refractivity contribution in [3.8, 4) is 0 Å². The molecule has 0 bridgehead atoms. The third-order valence-corrected chi connectivity index (χ3v) is 5.68. The van der Waals surface area contributed by atoms with Crippen LogP contribution in [0.4, 0.5) is 0 Å². The first-order valence-electron chi connectivity index (χ1n) is 5.87. The Morgan fingerprint density at radius 1 is 1.56 bits per heavy atom. The number of piperidine rings is 1. The molecule has 5 heteroatoms. The highest BCUT2D eigenvalue weighted by Crippen LogP contribution is 2.26. The molecule has 0 aliphatic carbocycles. The summed E-state index contributed by atoms with van der Waals surface area (Å²) in [5, 5.41) is 0.611. The van der Waals surface area contributed by atoms with Gasteiger partial charge in [0.15, 0.2) is 0 Å². The summed E-state index contributed by atoms with van der Waals surface area (Å²) in [6.45, 7) is 3.80. The maximum atomic E-state index is 12.5. The summed E-state index contributed by atoms with van der Waals surface area (Å²) in [7, 11) is 0. The fourth-order valence-corrected chi connectivity index (χ4v) is 3.39. The summed E-state index contributed by atoms with van der Waals surface area (Å²) in [5.41, 5.74) is 0.706. The lowest BCUT2D eigenvalue weighted by Gasteiger charge is -2.34. The zero-order valence-electron chi connectivity index (χ0n) is 10.00. The van der Waals surface area contributed by atoms with Crippen molar-refractivity contribution in [2.75, 3.05) is 13.1 Å². The zero-order chi connectivity index (χ0) is 13.3. The van der Waals surface area contributed by atoms with Gasteiger partial charge in [0.05, 0.1) is 5.56 Å². The second-order valence-electron chi connectivity index (χ2n) is 4.66. The van der Waals surface area contributed by atoms with Gasteiger partial charge in [-0.25, -0.2) is 0 Å². The van der Waals surface area contributed by atoms with Crippen LogP contribution >= 0.6 is 50.1 Å². The van der Waals surface area contributed by atoms with Crippen LogP contribution in [0.2, 0.25) is 5.02 Å². The van der Waals surface area contributed by atoms with Gasteiger partial charge in [-0.1, -0.05) is 34.5 Å². The van der Waals surface area contributed by atoms with Crippen molar-refractivity contribution < 1.29 is 4.79 Å². The van der Waals surface area contributed by atoms with E-state index < -0.39 is 0 Å². The van der Waals surface area contributed by atoms with E-state index in [0.717, 1.165) is 23.1 Å². The Hall–Kier alpha value is 0.190. The number of hydrogen-bond acceptors (Lipinski definition) is 1. The predicted molar refractivity (Wildman–Crippen MR) is 86.6 cm³/mol. The van der Waals surface area contributed by atoms with Crippen molar-refractivity contribution in [2.45, 2.75) is 18.2 Å². The van der Waals surface area contributed by atoms with Crippen molar-refractivity contribution in [3.05, 3.63) is 32.4 Å². The highest BCUT2D eigenvalue weighted by Gasteiger charge is 2.28. The molecule has 1 fully saturated rings. The van der Waals surface area contributed by atoms with Gasteiger partial charge in [0.1, 0.15) is 0 Å². The van der Waals surface area contributed by atoms with E-state index in [2.05, 4.69) is 45.4 Å². The van der Waals surface area contributed by atoms with Crippen molar-refractivity contribution in [1.82, 2.24) is 4.90 Å². The molecule has 1 aliphatic heterocycles. The Labute approximate surface area is 134 Å². The molecule has 0 saturated carbocycles. The smallest absolute Gasteiger partial charge is 0.255 e. The first-order chi connectivity index (χ1) is 8.49. The van der Waals surface area contributed by atoms with E-state index in [1.807, 2.05) is 17.0 Å². The van der Waals surface area contributed by atoms with E-state index in [4.69, 9.17) is 11.6 Å². The number of likely N-dealkylation sites (tertiary alicyclic amines) is 1. The number of amides is 1. The summed E-state index contributed by atoms with van der Waals surface area (Å²) < 4.78 is 0.951. The minimum atomic E-state index is 0.0817. The fourth-order valence-electron chi connectivity index (χ4n) is 2.04. The molecular formula is C13H14BrClINO. The van der Waals surface area contributed by atoms with E-state index in [9.17, 15) is 4.79 Å². The lowest BCUT2D eigenvalue weighted by atomic mass is 9.98. The Balaban J connectivity index is 2.19. The monoisotopic (exact) mass is 441 g/mol. The first kappa shape index (κ1) is 14.6. The summed E-state index contributed by atoms with van der Waals surface area (Å²) in [4.78, 5) is 14.8. The maximum absolute atomic E-state index is 12.5. The van der Waals surface area contributed by atoms with Gasteiger partial charge in [0.2, 0.25) is 0 Å². The van der Waals surface area contributed by atoms with Crippen molar-refractivity contribution in [2.24, 2.45) is 5.92 Å². The number of alkyl halides is 1. The number of carbonyl (C=O) groups excluding carboxylic acids is 1. The van der Waals surface area contributed by atoms with Crippen LogP contribution < -0.4 is 0 Å². The van der Waals surface area contributed by atoms with E-state index in [1.165, 1.54) is 0 Å². The third kappa shape index (κ3) is 3.20. The molecule has 2 nitrogen and oxygen atoms in total. The Kier molecular flexibility index (Phi) is 4.94. The molecule has 1 saturated heterocycles. The summed E-state index contributed by atoms with van der Waals surface area (Å²) in [5.74, 6) is 0.700. The van der Waals surface area contributed by atoms with Crippen LogP contribution in [0.15, 0.2) is 18.2 Å². The number of nitrogens with zero attached hydrogens (tertiary/aromatic N) is 1. The fraction of sp³-hybridized carbons (Fsp3) is 0.462. The predicted octanol–water partition coefficient (Wildman–Crippen LogP) is 4.19. The number of benzene rings is 1. The Morgan fingerprint density at radius 2 is 2.28 bits per heavy atom. The molecule has 2 unspecified atom stereocenters. The molecular weight excluding hydrogens is 428 g/mol. The van der Waals surface area contributed by atoms with Crippen LogP contribution in [0, 0.1) is 9.49 Å². The van der Waals surface area contributed by atoms with E-state index >= 15 is 0 Å². The molecule has 0 aromatic heterocycles. The van der Waals surface area contributed by atoms with Gasteiger partial charge >= 0.3 is 0 Å². The van der Waals surface area contributed by atoms with Gasteiger partial charge in [0.25, 0.3) is 5.91 Å². The molecule has 1 aromatic rings. The standard InChI is InChI=1S/C13H14BrClINO/c1-8-4-5-17(7-11(8)14)13(18)10-6-9(15)2-3-12(10)16/h2-3,6,8,11H,4-5,7H2,1H3. The highest BCUT2D eigenvalue weighted by molar-refractivity contribution is 14.1. The minimum absolute atomic E-state index is 0.0817. The van der Waals surface area contributed by atoms with Crippen molar-refractivity contribution in [3.63, 3.8) is 0 Å². The normalized spacial score (nSPS) is 24.1. The van der Waals surface area contributed by atoms with Gasteiger partial charge in [0, 0.05) is 26.5 Å².